The lowest BCUT2D eigenvalue weighted by Crippen LogP contribution is -2.10. The fourth-order valence-corrected chi connectivity index (χ4v) is 2.42. The molecule has 21 nitrogen and oxygen atoms in total. The molecule has 0 radical (unpaired) electrons. The largest absolute Gasteiger partial charge is 0.464 e. The zero-order chi connectivity index (χ0) is 29.2. The summed E-state index contributed by atoms with van der Waals surface area (Å²) in [6.45, 7) is 0. The van der Waals surface area contributed by atoms with Crippen LogP contribution in [0, 0.1) is 30.3 Å². The summed E-state index contributed by atoms with van der Waals surface area (Å²) < 4.78 is 15.2. The molecule has 1 N–H and O–H groups in total. The van der Waals surface area contributed by atoms with Gasteiger partial charge in [0, 0.05) is 14.1 Å². The van der Waals surface area contributed by atoms with Crippen LogP contribution in [0.5, 0.6) is 0 Å². The molecule has 0 atom stereocenters. The van der Waals surface area contributed by atoms with Gasteiger partial charge >= 0.3 is 35.0 Å². The van der Waals surface area contributed by atoms with E-state index in [1.807, 2.05) is 0 Å². The minimum atomic E-state index is -0.813. The Bertz CT molecular complexity index is 1340. The first-order chi connectivity index (χ1) is 17.8. The molecule has 0 spiro atoms. The van der Waals surface area contributed by atoms with Crippen LogP contribution >= 0.6 is 0 Å². The van der Waals surface area contributed by atoms with Gasteiger partial charge in [0.1, 0.15) is 18.6 Å². The monoisotopic (exact) mass is 541 g/mol. The van der Waals surface area contributed by atoms with Gasteiger partial charge in [-0.1, -0.05) is 0 Å². The number of aryl methyl sites for hydroxylation is 2. The Morgan fingerprint density at radius 1 is 0.816 bits per heavy atom. The number of carbonyl (C=O) groups is 3. The Kier molecular flexibility index (Phi) is 10.6. The van der Waals surface area contributed by atoms with Gasteiger partial charge in [-0.2, -0.15) is 15.3 Å². The van der Waals surface area contributed by atoms with Crippen molar-refractivity contribution in [2.24, 2.45) is 14.1 Å². The van der Waals surface area contributed by atoms with Crippen LogP contribution in [0.1, 0.15) is 31.5 Å². The lowest BCUT2D eigenvalue weighted by molar-refractivity contribution is -0.385. The molecule has 0 amide bonds. The van der Waals surface area contributed by atoms with Gasteiger partial charge < -0.3 is 14.2 Å². The van der Waals surface area contributed by atoms with E-state index in [0.29, 0.717) is 0 Å². The number of ether oxygens (including phenoxy) is 3. The lowest BCUT2D eigenvalue weighted by Gasteiger charge is -1.97. The van der Waals surface area contributed by atoms with Crippen LogP contribution in [0.3, 0.4) is 0 Å². The Labute approximate surface area is 210 Å². The molecule has 3 heterocycles. The summed E-state index contributed by atoms with van der Waals surface area (Å²) in [4.78, 5) is 61.8. The minimum Gasteiger partial charge on any atom is -0.464 e. The van der Waals surface area contributed by atoms with Crippen molar-refractivity contribution in [3.8, 4) is 0 Å². The highest BCUT2D eigenvalue weighted by molar-refractivity contribution is 5.92. The van der Waals surface area contributed by atoms with Crippen LogP contribution in [-0.2, 0) is 28.3 Å². The Morgan fingerprint density at radius 2 is 1.34 bits per heavy atom. The van der Waals surface area contributed by atoms with Gasteiger partial charge in [0.2, 0.25) is 17.1 Å². The van der Waals surface area contributed by atoms with E-state index in [4.69, 9.17) is 0 Å². The second-order valence-electron chi connectivity index (χ2n) is 6.41. The van der Waals surface area contributed by atoms with E-state index in [2.05, 4.69) is 34.6 Å². The molecule has 204 valence electrons. The minimum absolute atomic E-state index is 0.160. The average Bonchev–Trinajstić information content (AvgIpc) is 3.61. The molecule has 0 aromatic carbocycles. The number of rotatable bonds is 6. The first-order valence-electron chi connectivity index (χ1n) is 9.57. The maximum atomic E-state index is 11.0. The predicted octanol–water partition coefficient (Wildman–Crippen LogP) is 0.334. The number of nitrogens with zero attached hydrogens (tertiary/aromatic N) is 8. The Hall–Kier alpha value is -5.76. The smallest absolute Gasteiger partial charge is 0.365 e. The van der Waals surface area contributed by atoms with Crippen molar-refractivity contribution < 1.29 is 43.4 Å². The topological polar surface area (TPSA) is 273 Å². The van der Waals surface area contributed by atoms with Crippen molar-refractivity contribution in [1.29, 1.82) is 0 Å². The standard InChI is InChI=1S/2C6H7N3O4.C5H5N3O4/c1-8-3-4(9(11)12)5(7-8)6(10)13-2;1-8-5(6(10)13-2)4(3-7-8)9(11)12;1-12-5(9)4-3(8(10)11)2-6-7-4/h2*3H,1-2H3;2H,1H3,(H,6,7). The molecule has 3 aromatic heterocycles. The van der Waals surface area contributed by atoms with Gasteiger partial charge in [0.15, 0.2) is 0 Å². The summed E-state index contributed by atoms with van der Waals surface area (Å²) in [5.41, 5.74) is -1.78. The quantitative estimate of drug-likeness (QED) is 0.190. The number of methoxy groups -OCH3 is 3. The van der Waals surface area contributed by atoms with Gasteiger partial charge in [-0.05, 0) is 0 Å². The summed E-state index contributed by atoms with van der Waals surface area (Å²) >= 11 is 0. The maximum absolute atomic E-state index is 11.0. The molecule has 3 rings (SSSR count). The van der Waals surface area contributed by atoms with E-state index < -0.39 is 32.7 Å². The van der Waals surface area contributed by atoms with Crippen molar-refractivity contribution in [3.63, 3.8) is 0 Å². The summed E-state index contributed by atoms with van der Waals surface area (Å²) in [5, 5.41) is 43.7. The van der Waals surface area contributed by atoms with Crippen LogP contribution in [0.2, 0.25) is 0 Å². The fourth-order valence-electron chi connectivity index (χ4n) is 2.42. The van der Waals surface area contributed by atoms with E-state index in [-0.39, 0.29) is 34.1 Å². The zero-order valence-electron chi connectivity index (χ0n) is 20.2. The van der Waals surface area contributed by atoms with Crippen molar-refractivity contribution in [2.75, 3.05) is 21.3 Å². The third-order valence-electron chi connectivity index (χ3n) is 4.09. The number of esters is 3. The fraction of sp³-hybridized carbons (Fsp3) is 0.294. The Morgan fingerprint density at radius 3 is 1.82 bits per heavy atom. The van der Waals surface area contributed by atoms with Crippen LogP contribution < -0.4 is 0 Å². The number of carbonyl (C=O) groups excluding carboxylic acids is 3. The highest BCUT2D eigenvalue weighted by Gasteiger charge is 2.26. The van der Waals surface area contributed by atoms with Gasteiger partial charge in [0.05, 0.1) is 36.1 Å². The van der Waals surface area contributed by atoms with Crippen LogP contribution in [-0.4, -0.2) is 83.8 Å². The predicted molar refractivity (Wildman–Crippen MR) is 119 cm³/mol. The molecular formula is C17H19N9O12. The van der Waals surface area contributed by atoms with Crippen LogP contribution in [0.4, 0.5) is 17.1 Å². The van der Waals surface area contributed by atoms with E-state index in [9.17, 15) is 44.7 Å². The number of aromatic nitrogens is 6. The molecule has 3 aromatic rings. The van der Waals surface area contributed by atoms with Gasteiger partial charge in [0.25, 0.3) is 0 Å². The second-order valence-corrected chi connectivity index (χ2v) is 6.41. The van der Waals surface area contributed by atoms with E-state index in [1.165, 1.54) is 18.8 Å². The van der Waals surface area contributed by atoms with Crippen molar-refractivity contribution >= 4 is 35.0 Å². The normalized spacial score (nSPS) is 9.61. The van der Waals surface area contributed by atoms with Crippen LogP contribution in [0.15, 0.2) is 18.6 Å². The number of hydrogen-bond donors (Lipinski definition) is 1. The van der Waals surface area contributed by atoms with Crippen molar-refractivity contribution in [3.05, 3.63) is 66.0 Å². The third-order valence-corrected chi connectivity index (χ3v) is 4.09. The zero-order valence-corrected chi connectivity index (χ0v) is 20.2. The Balaban J connectivity index is 0.000000285. The van der Waals surface area contributed by atoms with Crippen LogP contribution in [0.25, 0.3) is 0 Å². The first-order valence-corrected chi connectivity index (χ1v) is 9.57. The third kappa shape index (κ3) is 7.37. The number of H-pyrrole nitrogens is 1. The molecule has 0 aliphatic carbocycles. The summed E-state index contributed by atoms with van der Waals surface area (Å²) in [6, 6.07) is 0. The molecule has 38 heavy (non-hydrogen) atoms. The van der Waals surface area contributed by atoms with E-state index >= 15 is 0 Å². The average molecular weight is 541 g/mol. The number of hydrogen-bond acceptors (Lipinski definition) is 15. The first kappa shape index (κ1) is 30.3. The van der Waals surface area contributed by atoms with Gasteiger partial charge in [-0.3, -0.25) is 44.8 Å². The molecule has 0 unspecified atom stereocenters. The van der Waals surface area contributed by atoms with Gasteiger partial charge in [-0.25, -0.2) is 14.4 Å². The molecule has 21 heteroatoms. The summed E-state index contributed by atoms with van der Waals surface area (Å²) in [5.74, 6) is -2.39. The highest BCUT2D eigenvalue weighted by atomic mass is 16.6. The molecule has 0 aliphatic rings. The lowest BCUT2D eigenvalue weighted by atomic mass is 10.4. The molecule has 0 saturated carbocycles. The molecule has 0 aliphatic heterocycles. The number of nitrogens with one attached hydrogen (secondary N) is 1. The van der Waals surface area contributed by atoms with E-state index in [0.717, 1.165) is 44.6 Å². The van der Waals surface area contributed by atoms with Gasteiger partial charge in [-0.15, -0.1) is 0 Å². The number of aromatic amines is 1. The molecule has 0 saturated heterocycles. The van der Waals surface area contributed by atoms with Crippen molar-refractivity contribution in [1.82, 2.24) is 29.8 Å². The highest BCUT2D eigenvalue weighted by Crippen LogP contribution is 2.18. The molecule has 0 fully saturated rings. The SMILES string of the molecule is COC(=O)c1[nH]ncc1[N+](=O)[O-].COC(=O)c1c([N+](=O)[O-])cnn1C.COC(=O)c1nn(C)cc1[N+](=O)[O-]. The maximum Gasteiger partial charge on any atom is 0.365 e. The summed E-state index contributed by atoms with van der Waals surface area (Å²) in [7, 11) is 6.34. The van der Waals surface area contributed by atoms with Crippen molar-refractivity contribution in [2.45, 2.75) is 0 Å². The summed E-state index contributed by atoms with van der Waals surface area (Å²) in [6.07, 6.45) is 3.10. The van der Waals surface area contributed by atoms with E-state index in [1.54, 1.807) is 0 Å². The second kappa shape index (κ2) is 13.4. The molecular weight excluding hydrogens is 522 g/mol. The molecule has 0 bridgehead atoms. The number of nitro groups is 3.